The first-order valence-corrected chi connectivity index (χ1v) is 14.0. The molecule has 0 saturated heterocycles. The normalized spacial score (nSPS) is 21.8. The lowest BCUT2D eigenvalue weighted by atomic mass is 9.83. The number of fused-ring (bicyclic) bond motifs is 5. The number of allylic oxidation sites excluding steroid dienone is 10. The van der Waals surface area contributed by atoms with Gasteiger partial charge in [-0.15, -0.1) is 0 Å². The smallest absolute Gasteiger partial charge is 0.127 e. The van der Waals surface area contributed by atoms with Gasteiger partial charge in [0.15, 0.2) is 0 Å². The summed E-state index contributed by atoms with van der Waals surface area (Å²) >= 11 is 0. The Morgan fingerprint density at radius 3 is 2.33 bits per heavy atom. The van der Waals surface area contributed by atoms with Crippen LogP contribution in [0.3, 0.4) is 0 Å². The van der Waals surface area contributed by atoms with Crippen LogP contribution in [0.25, 0.3) is 38.6 Å². The minimum atomic E-state index is 0.136. The molecule has 4 aromatic rings. The van der Waals surface area contributed by atoms with Crippen LogP contribution in [0, 0.1) is 5.92 Å². The Hall–Kier alpha value is -4.56. The second-order valence-electron chi connectivity index (χ2n) is 10.7. The standard InChI is InChI=1S/C37H29NO/c1-2-13-29(38-34-17-6-3-14-30(34)31-15-4-7-18-35(31)38)23-27(10-1)25-11-9-12-26(22-25)28-20-21-37-33(24-28)32-16-5-8-19-36(32)39-37/h2-4,6-15,17-24,33,37H,1,5,16H2. The molecular weight excluding hydrogens is 474 g/mol. The van der Waals surface area contributed by atoms with Gasteiger partial charge in [0, 0.05) is 22.4 Å². The maximum atomic E-state index is 6.23. The summed E-state index contributed by atoms with van der Waals surface area (Å²) in [6.45, 7) is 0. The second-order valence-corrected chi connectivity index (χ2v) is 10.7. The van der Waals surface area contributed by atoms with Gasteiger partial charge in [-0.05, 0) is 89.6 Å². The molecular formula is C37H29NO. The van der Waals surface area contributed by atoms with E-state index in [0.717, 1.165) is 25.0 Å². The van der Waals surface area contributed by atoms with E-state index in [-0.39, 0.29) is 6.10 Å². The number of ether oxygens (including phenoxy) is 1. The molecule has 0 saturated carbocycles. The SMILES string of the molecule is C1=CC(n2c3ccccc3c3ccccc32)=CC(c2cccc(C3=CC4C5=C(C=CCC5)OC4C=C3)c2)=CC1. The van der Waals surface area contributed by atoms with Crippen molar-refractivity contribution in [1.82, 2.24) is 4.57 Å². The van der Waals surface area contributed by atoms with E-state index in [1.807, 2.05) is 0 Å². The van der Waals surface area contributed by atoms with Gasteiger partial charge in [-0.3, -0.25) is 0 Å². The number of aromatic nitrogens is 1. The first-order chi connectivity index (χ1) is 19.3. The predicted octanol–water partition coefficient (Wildman–Crippen LogP) is 9.25. The van der Waals surface area contributed by atoms with Gasteiger partial charge in [0.1, 0.15) is 11.9 Å². The number of hydrogen-bond donors (Lipinski definition) is 0. The zero-order valence-corrected chi connectivity index (χ0v) is 21.8. The fraction of sp³-hybridized carbons (Fsp3) is 0.135. The molecule has 3 aliphatic carbocycles. The first-order valence-electron chi connectivity index (χ1n) is 14.0. The summed E-state index contributed by atoms with van der Waals surface area (Å²) in [5, 5.41) is 2.58. The quantitative estimate of drug-likeness (QED) is 0.272. The highest BCUT2D eigenvalue weighted by molar-refractivity contribution is 6.10. The van der Waals surface area contributed by atoms with Crippen molar-refractivity contribution < 1.29 is 4.74 Å². The Morgan fingerprint density at radius 1 is 0.744 bits per heavy atom. The number of para-hydroxylation sites is 2. The van der Waals surface area contributed by atoms with Crippen molar-refractivity contribution in [3.05, 3.63) is 150 Å². The Kier molecular flexibility index (Phi) is 5.19. The van der Waals surface area contributed by atoms with Gasteiger partial charge < -0.3 is 9.30 Å². The molecule has 0 bridgehead atoms. The zero-order valence-electron chi connectivity index (χ0n) is 21.8. The van der Waals surface area contributed by atoms with Crippen molar-refractivity contribution in [2.24, 2.45) is 5.92 Å². The van der Waals surface area contributed by atoms with Crippen molar-refractivity contribution in [2.45, 2.75) is 25.4 Å². The van der Waals surface area contributed by atoms with Crippen LogP contribution in [-0.2, 0) is 4.74 Å². The van der Waals surface area contributed by atoms with E-state index in [1.54, 1.807) is 0 Å². The molecule has 2 heterocycles. The third kappa shape index (κ3) is 3.71. The predicted molar refractivity (Wildman–Crippen MR) is 163 cm³/mol. The van der Waals surface area contributed by atoms with Crippen LogP contribution in [0.4, 0.5) is 0 Å². The van der Waals surface area contributed by atoms with Crippen molar-refractivity contribution in [3.63, 3.8) is 0 Å². The highest BCUT2D eigenvalue weighted by atomic mass is 16.5. The van der Waals surface area contributed by atoms with Gasteiger partial charge in [0.25, 0.3) is 0 Å². The zero-order chi connectivity index (χ0) is 25.8. The second kappa shape index (κ2) is 9.03. The van der Waals surface area contributed by atoms with Gasteiger partial charge >= 0.3 is 0 Å². The summed E-state index contributed by atoms with van der Waals surface area (Å²) in [7, 11) is 0. The van der Waals surface area contributed by atoms with Gasteiger partial charge in [-0.1, -0.05) is 85.0 Å². The molecule has 2 atom stereocenters. The fourth-order valence-electron chi connectivity index (χ4n) is 6.59. The lowest BCUT2D eigenvalue weighted by molar-refractivity contribution is 0.174. The Labute approximate surface area is 228 Å². The summed E-state index contributed by atoms with van der Waals surface area (Å²) < 4.78 is 8.63. The molecule has 0 fully saturated rings. The van der Waals surface area contributed by atoms with E-state index in [0.29, 0.717) is 5.92 Å². The molecule has 39 heavy (non-hydrogen) atoms. The molecule has 2 unspecified atom stereocenters. The Balaban J connectivity index is 1.19. The average Bonchev–Trinajstić information content (AvgIpc) is 3.42. The largest absolute Gasteiger partial charge is 0.485 e. The topological polar surface area (TPSA) is 14.2 Å². The maximum Gasteiger partial charge on any atom is 0.127 e. The highest BCUT2D eigenvalue weighted by Crippen LogP contribution is 2.43. The molecule has 1 aliphatic heterocycles. The molecule has 0 amide bonds. The molecule has 3 aromatic carbocycles. The molecule has 8 rings (SSSR count). The van der Waals surface area contributed by atoms with Crippen LogP contribution in [0.1, 0.15) is 30.4 Å². The van der Waals surface area contributed by atoms with E-state index in [9.17, 15) is 0 Å². The van der Waals surface area contributed by atoms with Crippen LogP contribution in [0.15, 0.2) is 139 Å². The minimum Gasteiger partial charge on any atom is -0.485 e. The fourth-order valence-corrected chi connectivity index (χ4v) is 6.59. The molecule has 2 heteroatoms. The van der Waals surface area contributed by atoms with E-state index >= 15 is 0 Å². The third-order valence-corrected chi connectivity index (χ3v) is 8.44. The van der Waals surface area contributed by atoms with Gasteiger partial charge in [0.2, 0.25) is 0 Å². The summed E-state index contributed by atoms with van der Waals surface area (Å²) in [6, 6.07) is 26.4. The van der Waals surface area contributed by atoms with Crippen molar-refractivity contribution in [3.8, 4) is 0 Å². The van der Waals surface area contributed by atoms with E-state index in [1.165, 1.54) is 55.3 Å². The minimum absolute atomic E-state index is 0.136. The van der Waals surface area contributed by atoms with E-state index in [4.69, 9.17) is 4.74 Å². The van der Waals surface area contributed by atoms with Gasteiger partial charge in [-0.2, -0.15) is 0 Å². The highest BCUT2D eigenvalue weighted by Gasteiger charge is 2.35. The van der Waals surface area contributed by atoms with Crippen molar-refractivity contribution >= 4 is 38.6 Å². The Bertz CT molecular complexity index is 1810. The summed E-state index contributed by atoms with van der Waals surface area (Å²) in [6.07, 6.45) is 23.8. The molecule has 0 radical (unpaired) electrons. The van der Waals surface area contributed by atoms with Crippen LogP contribution in [0.5, 0.6) is 0 Å². The first kappa shape index (κ1) is 22.4. The number of nitrogens with zero attached hydrogens (tertiary/aromatic N) is 1. The third-order valence-electron chi connectivity index (χ3n) is 8.44. The van der Waals surface area contributed by atoms with Crippen LogP contribution < -0.4 is 0 Å². The number of hydrogen-bond acceptors (Lipinski definition) is 1. The maximum absolute atomic E-state index is 6.23. The molecule has 0 spiro atoms. The van der Waals surface area contributed by atoms with Crippen LogP contribution >= 0.6 is 0 Å². The number of rotatable bonds is 3. The lowest BCUT2D eigenvalue weighted by Gasteiger charge is -2.21. The summed E-state index contributed by atoms with van der Waals surface area (Å²) in [4.78, 5) is 0. The van der Waals surface area contributed by atoms with Crippen LogP contribution in [-0.4, -0.2) is 10.7 Å². The molecule has 0 N–H and O–H groups in total. The lowest BCUT2D eigenvalue weighted by Crippen LogP contribution is -2.17. The molecule has 188 valence electrons. The number of benzene rings is 3. The molecule has 1 aromatic heterocycles. The van der Waals surface area contributed by atoms with Crippen molar-refractivity contribution in [1.29, 1.82) is 0 Å². The summed E-state index contributed by atoms with van der Waals surface area (Å²) in [5.41, 5.74) is 10.2. The molecule has 2 nitrogen and oxygen atoms in total. The monoisotopic (exact) mass is 503 g/mol. The van der Waals surface area contributed by atoms with Crippen LogP contribution in [0.2, 0.25) is 0 Å². The van der Waals surface area contributed by atoms with E-state index in [2.05, 4.69) is 132 Å². The van der Waals surface area contributed by atoms with Gasteiger partial charge in [-0.25, -0.2) is 0 Å². The van der Waals surface area contributed by atoms with E-state index < -0.39 is 0 Å². The summed E-state index contributed by atoms with van der Waals surface area (Å²) in [5.74, 6) is 1.43. The Morgan fingerprint density at radius 2 is 1.51 bits per heavy atom. The molecule has 4 aliphatic rings. The van der Waals surface area contributed by atoms with Crippen molar-refractivity contribution in [2.75, 3.05) is 0 Å². The van der Waals surface area contributed by atoms with Gasteiger partial charge in [0.05, 0.1) is 11.0 Å². The average molecular weight is 504 g/mol.